The molecule has 2 aromatic heterocycles. The normalized spacial score (nSPS) is 10.9. The van der Waals surface area contributed by atoms with E-state index in [0.29, 0.717) is 13.2 Å². The predicted octanol–water partition coefficient (Wildman–Crippen LogP) is 0.0158. The van der Waals surface area contributed by atoms with Crippen LogP contribution >= 0.6 is 0 Å². The van der Waals surface area contributed by atoms with Crippen LogP contribution in [0.3, 0.4) is 0 Å². The molecule has 0 fully saturated rings. The molecule has 0 aliphatic heterocycles. The average molecular weight is 278 g/mol. The zero-order chi connectivity index (χ0) is 14.9. The van der Waals surface area contributed by atoms with Gasteiger partial charge in [-0.15, -0.1) is 0 Å². The molecule has 7 nitrogen and oxygen atoms in total. The highest BCUT2D eigenvalue weighted by Gasteiger charge is 2.16. The minimum atomic E-state index is -0.834. The van der Waals surface area contributed by atoms with Gasteiger partial charge in [-0.05, 0) is 6.92 Å². The van der Waals surface area contributed by atoms with E-state index < -0.39 is 22.5 Å². The van der Waals surface area contributed by atoms with Crippen molar-refractivity contribution in [3.05, 3.63) is 44.7 Å². The largest absolute Gasteiger partial charge is 0.503 e. The molecule has 0 atom stereocenters. The Labute approximate surface area is 113 Å². The number of Topliss-reactive ketones (excluding diaryl/α,β-unsaturated/α-hetero) is 1. The van der Waals surface area contributed by atoms with Gasteiger partial charge in [0.1, 0.15) is 0 Å². The molecule has 7 heteroatoms. The third kappa shape index (κ3) is 2.23. The SMILES string of the molecule is COCCn1ccn2cc(C(C)=O)c(=O)c(O)c2c1=O. The van der Waals surface area contributed by atoms with Crippen molar-refractivity contribution >= 4 is 11.3 Å². The Morgan fingerprint density at radius 2 is 2.05 bits per heavy atom. The molecule has 2 rings (SSSR count). The first-order valence-corrected chi connectivity index (χ1v) is 5.94. The molecule has 0 unspecified atom stereocenters. The number of hydrogen-bond donors (Lipinski definition) is 1. The van der Waals surface area contributed by atoms with Crippen LogP contribution < -0.4 is 11.0 Å². The summed E-state index contributed by atoms with van der Waals surface area (Å²) in [6, 6.07) is 0. The van der Waals surface area contributed by atoms with Gasteiger partial charge in [0.25, 0.3) is 5.56 Å². The van der Waals surface area contributed by atoms with E-state index in [1.165, 1.54) is 41.6 Å². The molecule has 2 heterocycles. The number of ether oxygens (including phenoxy) is 1. The van der Waals surface area contributed by atoms with Crippen LogP contribution in [0.4, 0.5) is 0 Å². The molecule has 0 spiro atoms. The molecule has 0 amide bonds. The smallest absolute Gasteiger partial charge is 0.278 e. The third-order valence-electron chi connectivity index (χ3n) is 3.00. The lowest BCUT2D eigenvalue weighted by Gasteiger charge is -2.09. The van der Waals surface area contributed by atoms with Crippen molar-refractivity contribution in [3.8, 4) is 5.75 Å². The number of aromatic hydroxyl groups is 1. The summed E-state index contributed by atoms with van der Waals surface area (Å²) in [5, 5.41) is 9.89. The molecule has 0 aliphatic carbocycles. The topological polar surface area (TPSA) is 90.0 Å². The Kier molecular flexibility index (Phi) is 3.71. The molecule has 2 aromatic rings. The number of nitrogens with zero attached hydrogens (tertiary/aromatic N) is 2. The minimum Gasteiger partial charge on any atom is -0.503 e. The van der Waals surface area contributed by atoms with Crippen LogP contribution in [-0.2, 0) is 11.3 Å². The fourth-order valence-corrected chi connectivity index (χ4v) is 1.92. The van der Waals surface area contributed by atoms with Gasteiger partial charge in [0.2, 0.25) is 5.43 Å². The monoisotopic (exact) mass is 278 g/mol. The first-order chi connectivity index (χ1) is 9.47. The van der Waals surface area contributed by atoms with Crippen LogP contribution in [0.2, 0.25) is 0 Å². The highest BCUT2D eigenvalue weighted by molar-refractivity contribution is 5.94. The van der Waals surface area contributed by atoms with Crippen LogP contribution in [0.25, 0.3) is 5.52 Å². The molecule has 0 radical (unpaired) electrons. The van der Waals surface area contributed by atoms with Crippen LogP contribution in [0.15, 0.2) is 28.2 Å². The Balaban J connectivity index is 2.77. The molecule has 0 bridgehead atoms. The summed E-state index contributed by atoms with van der Waals surface area (Å²) in [6.07, 6.45) is 4.25. The zero-order valence-electron chi connectivity index (χ0n) is 11.1. The lowest BCUT2D eigenvalue weighted by atomic mass is 10.2. The second-order valence-electron chi connectivity index (χ2n) is 4.32. The Bertz CT molecular complexity index is 788. The summed E-state index contributed by atoms with van der Waals surface area (Å²) >= 11 is 0. The molecule has 0 aromatic carbocycles. The average Bonchev–Trinajstić information content (AvgIpc) is 2.41. The lowest BCUT2D eigenvalue weighted by molar-refractivity contribution is 0.101. The maximum atomic E-state index is 12.2. The Morgan fingerprint density at radius 3 is 2.65 bits per heavy atom. The Hall–Kier alpha value is -2.41. The second kappa shape index (κ2) is 5.30. The number of carbonyl (C=O) groups is 1. The second-order valence-corrected chi connectivity index (χ2v) is 4.32. The third-order valence-corrected chi connectivity index (χ3v) is 3.00. The first kappa shape index (κ1) is 14.0. The summed E-state index contributed by atoms with van der Waals surface area (Å²) in [7, 11) is 1.51. The van der Waals surface area contributed by atoms with E-state index in [1.54, 1.807) is 0 Å². The van der Waals surface area contributed by atoms with Crippen molar-refractivity contribution in [1.29, 1.82) is 0 Å². The summed E-state index contributed by atoms with van der Waals surface area (Å²) < 4.78 is 7.48. The van der Waals surface area contributed by atoms with Crippen molar-refractivity contribution in [3.63, 3.8) is 0 Å². The van der Waals surface area contributed by atoms with Crippen LogP contribution in [0, 0.1) is 0 Å². The number of methoxy groups -OCH3 is 1. The van der Waals surface area contributed by atoms with Crippen molar-refractivity contribution in [1.82, 2.24) is 8.97 Å². The molecular formula is C13H14N2O5. The van der Waals surface area contributed by atoms with Gasteiger partial charge >= 0.3 is 0 Å². The van der Waals surface area contributed by atoms with E-state index in [4.69, 9.17) is 4.74 Å². The van der Waals surface area contributed by atoms with Gasteiger partial charge in [-0.3, -0.25) is 14.4 Å². The fraction of sp³-hybridized carbons (Fsp3) is 0.308. The van der Waals surface area contributed by atoms with Crippen LogP contribution in [-0.4, -0.2) is 33.6 Å². The van der Waals surface area contributed by atoms with Gasteiger partial charge in [-0.1, -0.05) is 0 Å². The van der Waals surface area contributed by atoms with Crippen LogP contribution in [0.5, 0.6) is 5.75 Å². The summed E-state index contributed by atoms with van der Waals surface area (Å²) in [5.74, 6) is -1.18. The highest BCUT2D eigenvalue weighted by atomic mass is 16.5. The number of hydrogen-bond acceptors (Lipinski definition) is 5. The zero-order valence-corrected chi connectivity index (χ0v) is 11.1. The van der Waals surface area contributed by atoms with Crippen molar-refractivity contribution in [2.45, 2.75) is 13.5 Å². The quantitative estimate of drug-likeness (QED) is 0.796. The summed E-state index contributed by atoms with van der Waals surface area (Å²) in [4.78, 5) is 35.4. The summed E-state index contributed by atoms with van der Waals surface area (Å²) in [6.45, 7) is 1.85. The van der Waals surface area contributed by atoms with E-state index in [9.17, 15) is 19.5 Å². The van der Waals surface area contributed by atoms with Crippen molar-refractivity contribution in [2.75, 3.05) is 13.7 Å². The van der Waals surface area contributed by atoms with E-state index in [0.717, 1.165) is 0 Å². The number of ketones is 1. The van der Waals surface area contributed by atoms with E-state index in [-0.39, 0.29) is 11.1 Å². The predicted molar refractivity (Wildman–Crippen MR) is 71.5 cm³/mol. The molecule has 20 heavy (non-hydrogen) atoms. The van der Waals surface area contributed by atoms with E-state index in [2.05, 4.69) is 0 Å². The lowest BCUT2D eigenvalue weighted by Crippen LogP contribution is -2.26. The molecule has 0 saturated carbocycles. The molecule has 0 aliphatic rings. The van der Waals surface area contributed by atoms with Gasteiger partial charge in [0.15, 0.2) is 17.0 Å². The molecular weight excluding hydrogens is 264 g/mol. The number of aromatic nitrogens is 2. The molecule has 1 N–H and O–H groups in total. The number of fused-ring (bicyclic) bond motifs is 1. The standard InChI is InChI=1S/C13H14N2O5/c1-8(16)9-7-15-4-3-14(5-6-20-2)13(19)10(15)12(18)11(9)17/h3-4,7,18H,5-6H2,1-2H3. The summed E-state index contributed by atoms with van der Waals surface area (Å²) in [5.41, 5.74) is -1.67. The van der Waals surface area contributed by atoms with Gasteiger partial charge < -0.3 is 18.8 Å². The maximum absolute atomic E-state index is 12.2. The van der Waals surface area contributed by atoms with Gasteiger partial charge in [-0.25, -0.2) is 0 Å². The van der Waals surface area contributed by atoms with Gasteiger partial charge in [0.05, 0.1) is 12.2 Å². The highest BCUT2D eigenvalue weighted by Crippen LogP contribution is 2.11. The van der Waals surface area contributed by atoms with E-state index in [1.807, 2.05) is 0 Å². The fourth-order valence-electron chi connectivity index (χ4n) is 1.92. The van der Waals surface area contributed by atoms with Crippen molar-refractivity contribution in [2.24, 2.45) is 0 Å². The van der Waals surface area contributed by atoms with Crippen LogP contribution in [0.1, 0.15) is 17.3 Å². The first-order valence-electron chi connectivity index (χ1n) is 5.94. The van der Waals surface area contributed by atoms with Gasteiger partial charge in [0, 0.05) is 32.2 Å². The minimum absolute atomic E-state index is 0.154. The van der Waals surface area contributed by atoms with Gasteiger partial charge in [-0.2, -0.15) is 0 Å². The number of pyridine rings is 1. The maximum Gasteiger partial charge on any atom is 0.278 e. The number of carbonyl (C=O) groups excluding carboxylic acids is 1. The van der Waals surface area contributed by atoms with E-state index >= 15 is 0 Å². The Morgan fingerprint density at radius 1 is 1.35 bits per heavy atom. The molecule has 106 valence electrons. The van der Waals surface area contributed by atoms with Crippen molar-refractivity contribution < 1.29 is 14.6 Å². The molecule has 0 saturated heterocycles. The number of rotatable bonds is 4.